The fraction of sp³-hybridized carbons (Fsp3) is 0.200. The number of aromatic nitrogens is 1. The molecule has 0 fully saturated rings. The first-order chi connectivity index (χ1) is 9.72. The largest absolute Gasteiger partial charge is 0.409 e. The number of nitrogens with zero attached hydrogens (tertiary/aromatic N) is 2. The van der Waals surface area contributed by atoms with E-state index in [0.29, 0.717) is 12.2 Å². The van der Waals surface area contributed by atoms with E-state index in [1.165, 1.54) is 5.56 Å². The van der Waals surface area contributed by atoms with Crippen LogP contribution in [-0.4, -0.2) is 16.0 Å². The number of anilines is 1. The Kier molecular flexibility index (Phi) is 4.55. The number of nitrogens with one attached hydrogen (secondary N) is 1. The van der Waals surface area contributed by atoms with Crippen LogP contribution in [0.3, 0.4) is 0 Å². The third kappa shape index (κ3) is 3.47. The summed E-state index contributed by atoms with van der Waals surface area (Å²) in [6, 6.07) is 12.0. The van der Waals surface area contributed by atoms with Gasteiger partial charge in [0, 0.05) is 18.4 Å². The quantitative estimate of drug-likeness (QED) is 0.337. The van der Waals surface area contributed by atoms with Crippen molar-refractivity contribution in [1.82, 2.24) is 4.98 Å². The van der Waals surface area contributed by atoms with Gasteiger partial charge in [0.25, 0.3) is 0 Å². The topological polar surface area (TPSA) is 83.5 Å². The molecule has 0 radical (unpaired) electrons. The summed E-state index contributed by atoms with van der Waals surface area (Å²) in [4.78, 5) is 4.04. The first-order valence-corrected chi connectivity index (χ1v) is 6.48. The second-order valence-electron chi connectivity index (χ2n) is 4.44. The molecule has 104 valence electrons. The highest BCUT2D eigenvalue weighted by atomic mass is 16.4. The molecule has 5 nitrogen and oxygen atoms in total. The summed E-state index contributed by atoms with van der Waals surface area (Å²) in [5.74, 6) is 0.0131. The van der Waals surface area contributed by atoms with Crippen LogP contribution < -0.4 is 11.1 Å². The lowest BCUT2D eigenvalue weighted by Gasteiger charge is -2.08. The Labute approximate surface area is 118 Å². The fourth-order valence-corrected chi connectivity index (χ4v) is 1.84. The smallest absolute Gasteiger partial charge is 0.188 e. The number of amidine groups is 1. The van der Waals surface area contributed by atoms with Crippen molar-refractivity contribution in [2.75, 3.05) is 5.32 Å². The molecule has 2 rings (SSSR count). The van der Waals surface area contributed by atoms with Crippen molar-refractivity contribution in [3.63, 3.8) is 0 Å². The lowest BCUT2D eigenvalue weighted by Crippen LogP contribution is -2.15. The van der Waals surface area contributed by atoms with E-state index < -0.39 is 0 Å². The average molecular weight is 270 g/mol. The van der Waals surface area contributed by atoms with Crippen LogP contribution in [0.5, 0.6) is 0 Å². The van der Waals surface area contributed by atoms with Crippen molar-refractivity contribution in [3.8, 4) is 0 Å². The van der Waals surface area contributed by atoms with E-state index in [1.54, 1.807) is 12.3 Å². The minimum Gasteiger partial charge on any atom is -0.409 e. The van der Waals surface area contributed by atoms with Crippen LogP contribution in [0, 0.1) is 0 Å². The molecule has 0 unspecified atom stereocenters. The highest BCUT2D eigenvalue weighted by Crippen LogP contribution is 2.12. The lowest BCUT2D eigenvalue weighted by atomic mass is 10.1. The number of benzene rings is 1. The van der Waals surface area contributed by atoms with Crippen LogP contribution in [0.2, 0.25) is 0 Å². The Bertz CT molecular complexity index is 593. The van der Waals surface area contributed by atoms with Crippen LogP contribution in [0.15, 0.2) is 47.8 Å². The van der Waals surface area contributed by atoms with Gasteiger partial charge in [-0.15, -0.1) is 0 Å². The van der Waals surface area contributed by atoms with Crippen LogP contribution in [0.4, 0.5) is 5.69 Å². The van der Waals surface area contributed by atoms with Gasteiger partial charge in [0.2, 0.25) is 0 Å². The predicted octanol–water partition coefficient (Wildman–Crippen LogP) is 2.35. The van der Waals surface area contributed by atoms with E-state index >= 15 is 0 Å². The van der Waals surface area contributed by atoms with Gasteiger partial charge in [0.05, 0.1) is 0 Å². The Balaban J connectivity index is 2.03. The molecule has 1 heterocycles. The normalized spacial score (nSPS) is 11.3. The number of hydrogen-bond donors (Lipinski definition) is 3. The summed E-state index contributed by atoms with van der Waals surface area (Å²) in [6.45, 7) is 2.79. The monoisotopic (exact) mass is 270 g/mol. The zero-order chi connectivity index (χ0) is 14.4. The minimum atomic E-state index is 0.0131. The molecule has 0 aliphatic heterocycles. The summed E-state index contributed by atoms with van der Waals surface area (Å²) in [5.41, 5.74) is 9.37. The molecule has 5 heteroatoms. The van der Waals surface area contributed by atoms with E-state index in [0.717, 1.165) is 17.7 Å². The summed E-state index contributed by atoms with van der Waals surface area (Å²) in [5, 5.41) is 14.9. The van der Waals surface area contributed by atoms with Gasteiger partial charge in [-0.05, 0) is 41.8 Å². The minimum absolute atomic E-state index is 0.0131. The summed E-state index contributed by atoms with van der Waals surface area (Å²) in [6.07, 6.45) is 2.68. The SMILES string of the molecule is CCc1ccc(NCc2ccnc(C(N)=NO)c2)cc1. The van der Waals surface area contributed by atoms with Gasteiger partial charge in [0.15, 0.2) is 5.84 Å². The molecule has 0 bridgehead atoms. The second-order valence-corrected chi connectivity index (χ2v) is 4.44. The maximum absolute atomic E-state index is 8.64. The van der Waals surface area contributed by atoms with Crippen molar-refractivity contribution in [3.05, 3.63) is 59.4 Å². The van der Waals surface area contributed by atoms with Gasteiger partial charge in [-0.25, -0.2) is 0 Å². The van der Waals surface area contributed by atoms with Gasteiger partial charge in [-0.1, -0.05) is 24.2 Å². The number of rotatable bonds is 5. The summed E-state index contributed by atoms with van der Waals surface area (Å²) < 4.78 is 0. The lowest BCUT2D eigenvalue weighted by molar-refractivity contribution is 0.318. The van der Waals surface area contributed by atoms with E-state index in [9.17, 15) is 0 Å². The molecule has 0 saturated heterocycles. The van der Waals surface area contributed by atoms with Crippen molar-refractivity contribution >= 4 is 11.5 Å². The number of oxime groups is 1. The number of hydrogen-bond acceptors (Lipinski definition) is 4. The number of pyridine rings is 1. The van der Waals surface area contributed by atoms with Crippen molar-refractivity contribution in [2.45, 2.75) is 19.9 Å². The first-order valence-electron chi connectivity index (χ1n) is 6.48. The zero-order valence-electron chi connectivity index (χ0n) is 11.4. The summed E-state index contributed by atoms with van der Waals surface area (Å²) >= 11 is 0. The van der Waals surface area contributed by atoms with Crippen LogP contribution >= 0.6 is 0 Å². The molecule has 20 heavy (non-hydrogen) atoms. The van der Waals surface area contributed by atoms with E-state index in [2.05, 4.69) is 46.6 Å². The first kappa shape index (κ1) is 13.9. The Morgan fingerprint density at radius 1 is 1.25 bits per heavy atom. The van der Waals surface area contributed by atoms with Gasteiger partial charge in [0.1, 0.15) is 5.69 Å². The third-order valence-electron chi connectivity index (χ3n) is 3.05. The predicted molar refractivity (Wildman–Crippen MR) is 79.9 cm³/mol. The van der Waals surface area contributed by atoms with Gasteiger partial charge >= 0.3 is 0 Å². The molecular weight excluding hydrogens is 252 g/mol. The highest BCUT2D eigenvalue weighted by Gasteiger charge is 2.02. The van der Waals surface area contributed by atoms with Crippen LogP contribution in [-0.2, 0) is 13.0 Å². The van der Waals surface area contributed by atoms with E-state index in [1.807, 2.05) is 6.07 Å². The van der Waals surface area contributed by atoms with E-state index in [4.69, 9.17) is 10.9 Å². The molecule has 0 saturated carbocycles. The molecule has 2 aromatic rings. The maximum Gasteiger partial charge on any atom is 0.188 e. The molecule has 0 spiro atoms. The fourth-order valence-electron chi connectivity index (χ4n) is 1.84. The zero-order valence-corrected chi connectivity index (χ0v) is 11.4. The molecule has 4 N–H and O–H groups in total. The second kappa shape index (κ2) is 6.56. The molecule has 0 atom stereocenters. The molecule has 0 aliphatic rings. The van der Waals surface area contributed by atoms with E-state index in [-0.39, 0.29) is 5.84 Å². The van der Waals surface area contributed by atoms with Crippen LogP contribution in [0.25, 0.3) is 0 Å². The molecular formula is C15H18N4O. The maximum atomic E-state index is 8.64. The Hall–Kier alpha value is -2.56. The Morgan fingerprint density at radius 2 is 2.00 bits per heavy atom. The number of nitrogens with two attached hydrogens (primary N) is 1. The van der Waals surface area contributed by atoms with Crippen molar-refractivity contribution < 1.29 is 5.21 Å². The summed E-state index contributed by atoms with van der Waals surface area (Å²) in [7, 11) is 0. The van der Waals surface area contributed by atoms with Gasteiger partial charge in [-0.2, -0.15) is 0 Å². The van der Waals surface area contributed by atoms with Gasteiger partial charge in [-0.3, -0.25) is 4.98 Å². The molecule has 1 aromatic carbocycles. The van der Waals surface area contributed by atoms with Gasteiger partial charge < -0.3 is 16.3 Å². The number of aryl methyl sites for hydroxylation is 1. The molecule has 0 amide bonds. The molecule has 0 aliphatic carbocycles. The highest BCUT2D eigenvalue weighted by molar-refractivity contribution is 5.95. The average Bonchev–Trinajstić information content (AvgIpc) is 2.53. The third-order valence-corrected chi connectivity index (χ3v) is 3.05. The Morgan fingerprint density at radius 3 is 2.65 bits per heavy atom. The molecule has 1 aromatic heterocycles. The van der Waals surface area contributed by atoms with Crippen molar-refractivity contribution in [1.29, 1.82) is 0 Å². The van der Waals surface area contributed by atoms with Crippen molar-refractivity contribution in [2.24, 2.45) is 10.9 Å². The van der Waals surface area contributed by atoms with Crippen LogP contribution in [0.1, 0.15) is 23.7 Å². The standard InChI is InChI=1S/C15H18N4O/c1-2-11-3-5-13(6-4-11)18-10-12-7-8-17-14(9-12)15(16)19-20/h3-9,18,20H,2,10H2,1H3,(H2,16,19).